The summed E-state index contributed by atoms with van der Waals surface area (Å²) >= 11 is 0. The van der Waals surface area contributed by atoms with Gasteiger partial charge in [0.05, 0.1) is 18.2 Å². The number of aryl methyl sites for hydroxylation is 1. The van der Waals surface area contributed by atoms with Crippen molar-refractivity contribution in [1.82, 2.24) is 4.90 Å². The third-order valence-corrected chi connectivity index (χ3v) is 6.14. The highest BCUT2D eigenvalue weighted by Gasteiger charge is 2.46. The van der Waals surface area contributed by atoms with E-state index >= 15 is 0 Å². The predicted molar refractivity (Wildman–Crippen MR) is 131 cm³/mol. The highest BCUT2D eigenvalue weighted by atomic mass is 16.5. The van der Waals surface area contributed by atoms with E-state index in [1.165, 1.54) is 0 Å². The fourth-order valence-electron chi connectivity index (χ4n) is 4.36. The van der Waals surface area contributed by atoms with Crippen LogP contribution in [0.25, 0.3) is 5.76 Å². The van der Waals surface area contributed by atoms with Crippen molar-refractivity contribution in [2.45, 2.75) is 65.8 Å². The Labute approximate surface area is 197 Å². The minimum absolute atomic E-state index is 0.144. The minimum atomic E-state index is -0.636. The van der Waals surface area contributed by atoms with Gasteiger partial charge in [-0.05, 0) is 55.0 Å². The molecule has 1 N–H and O–H groups in total. The van der Waals surface area contributed by atoms with Gasteiger partial charge in [-0.1, -0.05) is 58.4 Å². The fraction of sp³-hybridized carbons (Fsp3) is 0.429. The summed E-state index contributed by atoms with van der Waals surface area (Å²) < 4.78 is 5.80. The van der Waals surface area contributed by atoms with Gasteiger partial charge in [-0.3, -0.25) is 9.59 Å². The molecule has 1 amide bonds. The lowest BCUT2D eigenvalue weighted by molar-refractivity contribution is -0.139. The van der Waals surface area contributed by atoms with E-state index in [2.05, 4.69) is 20.8 Å². The maximum atomic E-state index is 13.2. The largest absolute Gasteiger partial charge is 0.507 e. The summed E-state index contributed by atoms with van der Waals surface area (Å²) in [6, 6.07) is 12.6. The number of hydrogen-bond donors (Lipinski definition) is 1. The smallest absolute Gasteiger partial charge is 0.295 e. The zero-order valence-corrected chi connectivity index (χ0v) is 20.6. The third kappa shape index (κ3) is 4.82. The standard InChI is InChI=1S/C28H35NO4/c1-7-9-16-29-24(20-13-11-10-12-18(20)3)23(26(31)27(29)32)25(30)19-14-15-22(33-8-2)21(17-19)28(4,5)6/h10-15,17,24,30H,7-9,16H2,1-6H3/b25-23+. The zero-order chi connectivity index (χ0) is 24.3. The summed E-state index contributed by atoms with van der Waals surface area (Å²) in [5, 5.41) is 11.4. The third-order valence-electron chi connectivity index (χ3n) is 6.14. The second kappa shape index (κ2) is 9.82. The molecule has 0 spiro atoms. The number of benzene rings is 2. The Balaban J connectivity index is 2.22. The van der Waals surface area contributed by atoms with Crippen molar-refractivity contribution in [3.8, 4) is 5.75 Å². The first-order valence-electron chi connectivity index (χ1n) is 11.7. The van der Waals surface area contributed by atoms with E-state index in [0.29, 0.717) is 18.7 Å². The van der Waals surface area contributed by atoms with Crippen molar-refractivity contribution >= 4 is 17.4 Å². The Morgan fingerprint density at radius 3 is 2.39 bits per heavy atom. The number of amides is 1. The molecular weight excluding hydrogens is 414 g/mol. The molecule has 5 nitrogen and oxygen atoms in total. The van der Waals surface area contributed by atoms with E-state index in [0.717, 1.165) is 35.3 Å². The van der Waals surface area contributed by atoms with Crippen molar-refractivity contribution in [3.63, 3.8) is 0 Å². The average Bonchev–Trinajstić information content (AvgIpc) is 3.02. The van der Waals surface area contributed by atoms with E-state index < -0.39 is 17.7 Å². The van der Waals surface area contributed by atoms with Gasteiger partial charge in [-0.25, -0.2) is 0 Å². The van der Waals surface area contributed by atoms with E-state index in [1.807, 2.05) is 57.2 Å². The number of Topliss-reactive ketones (excluding diaryl/α,β-unsaturated/α-hetero) is 1. The summed E-state index contributed by atoms with van der Waals surface area (Å²) in [5.41, 5.74) is 3.19. The van der Waals surface area contributed by atoms with Crippen LogP contribution in [0.1, 0.15) is 75.8 Å². The van der Waals surface area contributed by atoms with E-state index in [9.17, 15) is 14.7 Å². The summed E-state index contributed by atoms with van der Waals surface area (Å²) in [6.07, 6.45) is 1.68. The number of nitrogens with zero attached hydrogens (tertiary/aromatic N) is 1. The van der Waals surface area contributed by atoms with Gasteiger partial charge in [-0.15, -0.1) is 0 Å². The van der Waals surface area contributed by atoms with Crippen LogP contribution in [-0.2, 0) is 15.0 Å². The second-order valence-corrected chi connectivity index (χ2v) is 9.60. The predicted octanol–water partition coefficient (Wildman–Crippen LogP) is 5.91. The second-order valence-electron chi connectivity index (χ2n) is 9.60. The lowest BCUT2D eigenvalue weighted by Crippen LogP contribution is -2.30. The van der Waals surface area contributed by atoms with Crippen LogP contribution in [0.15, 0.2) is 48.0 Å². The van der Waals surface area contributed by atoms with Gasteiger partial charge in [0.1, 0.15) is 11.5 Å². The van der Waals surface area contributed by atoms with Gasteiger partial charge in [0, 0.05) is 17.7 Å². The SMILES string of the molecule is CCCCN1C(=O)C(=O)/C(=C(/O)c2ccc(OCC)c(C(C)(C)C)c2)C1c1ccccc1C. The van der Waals surface area contributed by atoms with Crippen molar-refractivity contribution in [2.24, 2.45) is 0 Å². The molecule has 1 fully saturated rings. The number of carbonyl (C=O) groups is 2. The molecular formula is C28H35NO4. The molecule has 1 atom stereocenters. The van der Waals surface area contributed by atoms with Gasteiger partial charge < -0.3 is 14.7 Å². The monoisotopic (exact) mass is 449 g/mol. The van der Waals surface area contributed by atoms with Crippen LogP contribution < -0.4 is 4.74 Å². The van der Waals surface area contributed by atoms with Gasteiger partial charge in [0.25, 0.3) is 11.7 Å². The van der Waals surface area contributed by atoms with E-state index in [4.69, 9.17) is 4.74 Å². The van der Waals surface area contributed by atoms with Gasteiger partial charge in [0.2, 0.25) is 0 Å². The number of unbranched alkanes of at least 4 members (excludes halogenated alkanes) is 1. The Morgan fingerprint density at radius 2 is 1.79 bits per heavy atom. The van der Waals surface area contributed by atoms with Gasteiger partial charge in [0.15, 0.2) is 0 Å². The van der Waals surface area contributed by atoms with Crippen LogP contribution in [0, 0.1) is 6.92 Å². The Bertz CT molecular complexity index is 1080. The van der Waals surface area contributed by atoms with E-state index in [1.54, 1.807) is 11.0 Å². The normalized spacial score (nSPS) is 18.1. The molecule has 176 valence electrons. The number of aliphatic hydroxyl groups is 1. The molecule has 0 radical (unpaired) electrons. The Kier molecular flexibility index (Phi) is 7.31. The summed E-state index contributed by atoms with van der Waals surface area (Å²) in [4.78, 5) is 27.8. The van der Waals surface area contributed by atoms with Crippen LogP contribution in [0.3, 0.4) is 0 Å². The van der Waals surface area contributed by atoms with Crippen LogP contribution in [0.5, 0.6) is 5.75 Å². The van der Waals surface area contributed by atoms with Crippen LogP contribution >= 0.6 is 0 Å². The number of carbonyl (C=O) groups excluding carboxylic acids is 2. The van der Waals surface area contributed by atoms with E-state index in [-0.39, 0.29) is 16.7 Å². The first-order chi connectivity index (χ1) is 15.6. The highest BCUT2D eigenvalue weighted by molar-refractivity contribution is 6.46. The lowest BCUT2D eigenvalue weighted by Gasteiger charge is -2.27. The van der Waals surface area contributed by atoms with Crippen molar-refractivity contribution in [1.29, 1.82) is 0 Å². The minimum Gasteiger partial charge on any atom is -0.507 e. The molecule has 1 unspecified atom stereocenters. The van der Waals surface area contributed by atoms with Crippen LogP contribution in [-0.4, -0.2) is 34.8 Å². The maximum Gasteiger partial charge on any atom is 0.295 e. The van der Waals surface area contributed by atoms with Crippen LogP contribution in [0.2, 0.25) is 0 Å². The maximum absolute atomic E-state index is 13.2. The molecule has 0 aromatic heterocycles. The molecule has 0 saturated carbocycles. The molecule has 2 aromatic rings. The van der Waals surface area contributed by atoms with Crippen molar-refractivity contribution in [2.75, 3.05) is 13.2 Å². The number of aliphatic hydroxyl groups excluding tert-OH is 1. The molecule has 33 heavy (non-hydrogen) atoms. The molecule has 1 aliphatic heterocycles. The fourth-order valence-corrected chi connectivity index (χ4v) is 4.36. The van der Waals surface area contributed by atoms with Crippen LogP contribution in [0.4, 0.5) is 0 Å². The molecule has 5 heteroatoms. The molecule has 0 aliphatic carbocycles. The lowest BCUT2D eigenvalue weighted by atomic mass is 9.84. The first kappa shape index (κ1) is 24.6. The summed E-state index contributed by atoms with van der Waals surface area (Å²) in [7, 11) is 0. The number of ketones is 1. The molecule has 1 aliphatic rings. The number of hydrogen-bond acceptors (Lipinski definition) is 4. The highest BCUT2D eigenvalue weighted by Crippen LogP contribution is 2.42. The molecule has 1 saturated heterocycles. The number of likely N-dealkylation sites (tertiary alicyclic amines) is 1. The summed E-state index contributed by atoms with van der Waals surface area (Å²) in [5.74, 6) is -0.585. The van der Waals surface area contributed by atoms with Gasteiger partial charge in [-0.2, -0.15) is 0 Å². The topological polar surface area (TPSA) is 66.8 Å². The van der Waals surface area contributed by atoms with Gasteiger partial charge >= 0.3 is 0 Å². The number of rotatable bonds is 7. The quantitative estimate of drug-likeness (QED) is 0.324. The zero-order valence-electron chi connectivity index (χ0n) is 20.6. The van der Waals surface area contributed by atoms with Crippen molar-refractivity contribution < 1.29 is 19.4 Å². The first-order valence-corrected chi connectivity index (χ1v) is 11.7. The Morgan fingerprint density at radius 1 is 1.09 bits per heavy atom. The summed E-state index contributed by atoms with van der Waals surface area (Å²) in [6.45, 7) is 13.2. The van der Waals surface area contributed by atoms with Crippen molar-refractivity contribution in [3.05, 3.63) is 70.3 Å². The Hall–Kier alpha value is -3.08. The molecule has 2 aromatic carbocycles. The molecule has 3 rings (SSSR count). The molecule has 0 bridgehead atoms. The average molecular weight is 450 g/mol. The number of ether oxygens (including phenoxy) is 1. The molecule has 1 heterocycles.